The van der Waals surface area contributed by atoms with Gasteiger partial charge < -0.3 is 4.57 Å². The molecule has 0 aromatic carbocycles. The van der Waals surface area contributed by atoms with Gasteiger partial charge in [0, 0.05) is 17.5 Å². The highest BCUT2D eigenvalue weighted by Gasteiger charge is 2.22. The summed E-state index contributed by atoms with van der Waals surface area (Å²) in [6, 6.07) is 0. The third kappa shape index (κ3) is 1.08. The van der Waals surface area contributed by atoms with Crippen LogP contribution in [0.1, 0.15) is 16.9 Å². The molecule has 1 aliphatic rings. The van der Waals surface area contributed by atoms with Crippen LogP contribution in [0.5, 0.6) is 0 Å². The Morgan fingerprint density at radius 1 is 1.44 bits per heavy atom. The minimum absolute atomic E-state index is 0.152. The summed E-state index contributed by atoms with van der Waals surface area (Å²) in [6.45, 7) is 0. The maximum Gasteiger partial charge on any atom is 0.235 e. The molecule has 0 unspecified atom stereocenters. The van der Waals surface area contributed by atoms with E-state index in [2.05, 4.69) is 10.2 Å². The Kier molecular flexibility index (Phi) is 1.92. The summed E-state index contributed by atoms with van der Waals surface area (Å²) in [4.78, 5) is 14.6. The molecule has 7 heteroatoms. The Hall–Kier alpha value is -1.47. The van der Waals surface area contributed by atoms with Crippen LogP contribution in [0.4, 0.5) is 0 Å². The monoisotopic (exact) mass is 278 g/mol. The van der Waals surface area contributed by atoms with Crippen LogP contribution in [0.3, 0.4) is 0 Å². The second-order valence-electron chi connectivity index (χ2n) is 4.56. The Labute approximate surface area is 111 Å². The third-order valence-corrected chi connectivity index (χ3v) is 5.11. The molecule has 3 aromatic rings. The summed E-state index contributed by atoms with van der Waals surface area (Å²) < 4.78 is 4.23. The fraction of sp³-hybridized carbons (Fsp3) is 0.364. The van der Waals surface area contributed by atoms with Gasteiger partial charge in [-0.3, -0.25) is 4.79 Å². The molecule has 1 aliphatic carbocycles. The number of imidazole rings is 1. The molecule has 0 atom stereocenters. The first-order valence-corrected chi connectivity index (χ1v) is 7.01. The molecule has 0 saturated carbocycles. The number of hydrogen-bond acceptors (Lipinski definition) is 4. The van der Waals surface area contributed by atoms with Crippen molar-refractivity contribution in [2.45, 2.75) is 19.3 Å². The number of nitrogens with one attached hydrogen (secondary N) is 1. The number of aromatic nitrogens is 4. The van der Waals surface area contributed by atoms with Gasteiger partial charge in [-0.05, 0) is 31.5 Å². The summed E-state index contributed by atoms with van der Waals surface area (Å²) in [6.07, 6.45) is 2.99. The molecule has 3 aromatic heterocycles. The lowest BCUT2D eigenvalue weighted by molar-refractivity contribution is 0.910. The predicted molar refractivity (Wildman–Crippen MR) is 73.0 cm³/mol. The van der Waals surface area contributed by atoms with Gasteiger partial charge in [-0.1, -0.05) is 0 Å². The molecular weight excluding hydrogens is 268 g/mol. The van der Waals surface area contributed by atoms with E-state index in [1.165, 1.54) is 4.88 Å². The van der Waals surface area contributed by atoms with E-state index in [0.29, 0.717) is 10.5 Å². The van der Waals surface area contributed by atoms with Crippen LogP contribution in [-0.4, -0.2) is 19.2 Å². The molecule has 0 saturated heterocycles. The van der Waals surface area contributed by atoms with Crippen LogP contribution in [0.2, 0.25) is 0 Å². The molecule has 0 aliphatic heterocycles. The normalized spacial score (nSPS) is 14.7. The lowest BCUT2D eigenvalue weighted by atomic mass is 10.2. The van der Waals surface area contributed by atoms with Crippen molar-refractivity contribution < 1.29 is 0 Å². The van der Waals surface area contributed by atoms with Gasteiger partial charge in [-0.25, -0.2) is 9.50 Å². The lowest BCUT2D eigenvalue weighted by Crippen LogP contribution is -2.10. The van der Waals surface area contributed by atoms with Gasteiger partial charge in [0.05, 0.1) is 0 Å². The summed E-state index contributed by atoms with van der Waals surface area (Å²) in [7, 11) is 1.86. The Morgan fingerprint density at radius 3 is 3.11 bits per heavy atom. The van der Waals surface area contributed by atoms with Gasteiger partial charge in [0.2, 0.25) is 16.0 Å². The first kappa shape index (κ1) is 10.5. The summed E-state index contributed by atoms with van der Waals surface area (Å²) in [5.74, 6) is 0.701. The number of hydrogen-bond donors (Lipinski definition) is 1. The highest BCUT2D eigenvalue weighted by atomic mass is 32.1. The molecule has 0 amide bonds. The number of aryl methyl sites for hydroxylation is 2. The summed E-state index contributed by atoms with van der Waals surface area (Å²) in [5.41, 5.74) is 1.87. The van der Waals surface area contributed by atoms with Crippen LogP contribution < -0.4 is 5.43 Å². The Morgan fingerprint density at radius 2 is 2.28 bits per heavy atom. The quantitative estimate of drug-likeness (QED) is 0.638. The molecule has 0 bridgehead atoms. The Bertz CT molecular complexity index is 911. The van der Waals surface area contributed by atoms with Crippen molar-refractivity contribution in [2.75, 3.05) is 0 Å². The zero-order chi connectivity index (χ0) is 12.4. The molecule has 5 nitrogen and oxygen atoms in total. The maximum absolute atomic E-state index is 12.5. The molecule has 4 rings (SSSR count). The van der Waals surface area contributed by atoms with E-state index >= 15 is 0 Å². The average molecular weight is 278 g/mol. The van der Waals surface area contributed by atoms with Gasteiger partial charge in [0.25, 0.3) is 0 Å². The van der Waals surface area contributed by atoms with E-state index in [-0.39, 0.29) is 5.43 Å². The van der Waals surface area contributed by atoms with Crippen LogP contribution >= 0.6 is 23.6 Å². The minimum Gasteiger partial charge on any atom is -0.307 e. The highest BCUT2D eigenvalue weighted by Crippen LogP contribution is 2.29. The fourth-order valence-electron chi connectivity index (χ4n) is 2.72. The van der Waals surface area contributed by atoms with Gasteiger partial charge >= 0.3 is 0 Å². The van der Waals surface area contributed by atoms with Gasteiger partial charge in [-0.2, -0.15) is 0 Å². The van der Waals surface area contributed by atoms with Crippen LogP contribution in [-0.2, 0) is 19.9 Å². The minimum atomic E-state index is 0.152. The van der Waals surface area contributed by atoms with Gasteiger partial charge in [-0.15, -0.1) is 16.4 Å². The van der Waals surface area contributed by atoms with Crippen molar-refractivity contribution in [3.05, 3.63) is 25.4 Å². The summed E-state index contributed by atoms with van der Waals surface area (Å²) >= 11 is 6.91. The number of fused-ring (bicyclic) bond motifs is 4. The van der Waals surface area contributed by atoms with Gasteiger partial charge in [0.15, 0.2) is 0 Å². The second kappa shape index (κ2) is 3.30. The largest absolute Gasteiger partial charge is 0.307 e. The zero-order valence-electron chi connectivity index (χ0n) is 9.69. The predicted octanol–water partition coefficient (Wildman–Crippen LogP) is 1.79. The van der Waals surface area contributed by atoms with E-state index in [0.717, 1.165) is 35.2 Å². The van der Waals surface area contributed by atoms with E-state index in [1.54, 1.807) is 11.3 Å². The molecule has 1 N–H and O–H groups in total. The van der Waals surface area contributed by atoms with Crippen molar-refractivity contribution in [3.8, 4) is 0 Å². The fourth-order valence-corrected chi connectivity index (χ4v) is 4.38. The molecule has 92 valence electrons. The van der Waals surface area contributed by atoms with E-state index in [4.69, 9.17) is 12.2 Å². The van der Waals surface area contributed by atoms with E-state index in [1.807, 2.05) is 16.0 Å². The van der Waals surface area contributed by atoms with Crippen molar-refractivity contribution in [1.29, 1.82) is 0 Å². The standard InChI is InChI=1S/C11H10N4OS2/c1-14-7-8(16)5-3-2-4-6(5)18-9(7)15-10(14)12-13-11(15)17/h2-4H2,1H3,(H,13,17). The number of aromatic amines is 1. The number of H-pyrrole nitrogens is 1. The van der Waals surface area contributed by atoms with Crippen molar-refractivity contribution in [3.63, 3.8) is 0 Å². The molecule has 3 heterocycles. The number of nitrogens with zero attached hydrogens (tertiary/aromatic N) is 3. The van der Waals surface area contributed by atoms with Crippen LogP contribution in [0, 0.1) is 4.77 Å². The first-order valence-electron chi connectivity index (χ1n) is 5.79. The molecule has 0 spiro atoms. The van der Waals surface area contributed by atoms with E-state index < -0.39 is 0 Å². The second-order valence-corrected chi connectivity index (χ2v) is 6.03. The first-order chi connectivity index (χ1) is 8.68. The van der Waals surface area contributed by atoms with Crippen molar-refractivity contribution >= 4 is 39.7 Å². The van der Waals surface area contributed by atoms with E-state index in [9.17, 15) is 4.79 Å². The van der Waals surface area contributed by atoms with Gasteiger partial charge in [0.1, 0.15) is 10.3 Å². The average Bonchev–Trinajstić information content (AvgIpc) is 2.99. The van der Waals surface area contributed by atoms with Crippen molar-refractivity contribution in [2.24, 2.45) is 7.05 Å². The smallest absolute Gasteiger partial charge is 0.235 e. The Balaban J connectivity index is 2.38. The molecule has 0 radical (unpaired) electrons. The van der Waals surface area contributed by atoms with Crippen LogP contribution in [0.15, 0.2) is 4.79 Å². The molecular formula is C11H10N4OS2. The summed E-state index contributed by atoms with van der Waals surface area (Å²) in [5, 5.41) is 6.95. The highest BCUT2D eigenvalue weighted by molar-refractivity contribution is 7.71. The molecule has 18 heavy (non-hydrogen) atoms. The SMILES string of the molecule is Cn1c2c(=O)c3c(sc2n2c(=S)[nH]nc12)CCC3. The third-order valence-electron chi connectivity index (χ3n) is 3.57. The number of rotatable bonds is 0. The zero-order valence-corrected chi connectivity index (χ0v) is 11.3. The topological polar surface area (TPSA) is 55.1 Å². The lowest BCUT2D eigenvalue weighted by Gasteiger charge is -1.99. The van der Waals surface area contributed by atoms with Crippen molar-refractivity contribution in [1.82, 2.24) is 19.2 Å². The molecule has 0 fully saturated rings. The maximum atomic E-state index is 12.5. The van der Waals surface area contributed by atoms with Crippen LogP contribution in [0.25, 0.3) is 16.1 Å².